The number of amides is 1. The minimum absolute atomic E-state index is 0.0625. The second kappa shape index (κ2) is 8.35. The number of rotatable bonds is 3. The van der Waals surface area contributed by atoms with Crippen LogP contribution < -0.4 is 0 Å². The lowest BCUT2D eigenvalue weighted by atomic mass is 9.94. The Morgan fingerprint density at radius 2 is 2.13 bits per heavy atom. The van der Waals surface area contributed by atoms with Crippen LogP contribution >= 0.6 is 27.3 Å². The van der Waals surface area contributed by atoms with Crippen LogP contribution in [0.25, 0.3) is 16.8 Å². The summed E-state index contributed by atoms with van der Waals surface area (Å²) in [4.78, 5) is 23.7. The average Bonchev–Trinajstić information content (AvgIpc) is 3.31. The van der Waals surface area contributed by atoms with Gasteiger partial charge in [-0.25, -0.2) is 14.8 Å². The summed E-state index contributed by atoms with van der Waals surface area (Å²) in [7, 11) is 0. The van der Waals surface area contributed by atoms with E-state index in [1.807, 2.05) is 27.0 Å². The summed E-state index contributed by atoms with van der Waals surface area (Å²) in [6.07, 6.45) is 3.36. The Kier molecular flexibility index (Phi) is 5.91. The molecule has 1 fully saturated rings. The number of nitrogens with zero attached hydrogens (tertiary/aromatic N) is 5. The number of hydrogen-bond acceptors (Lipinski definition) is 6. The van der Waals surface area contributed by atoms with Crippen LogP contribution in [0.1, 0.15) is 50.8 Å². The highest BCUT2D eigenvalue weighted by atomic mass is 79.9. The van der Waals surface area contributed by atoms with Gasteiger partial charge >= 0.3 is 6.09 Å². The maximum Gasteiger partial charge on any atom is 0.410 e. The Morgan fingerprint density at radius 1 is 1.35 bits per heavy atom. The van der Waals surface area contributed by atoms with E-state index in [2.05, 4.69) is 50.4 Å². The minimum atomic E-state index is -0.521. The van der Waals surface area contributed by atoms with Crippen LogP contribution in [0.4, 0.5) is 10.6 Å². The molecule has 0 radical (unpaired) electrons. The van der Waals surface area contributed by atoms with Gasteiger partial charge in [0.1, 0.15) is 5.60 Å². The molecule has 1 atom stereocenters. The predicted octanol–water partition coefficient (Wildman–Crippen LogP) is 5.98. The number of carbonyl (C=O) groups excluding carboxylic acids is 1. The van der Waals surface area contributed by atoms with Crippen molar-refractivity contribution in [1.29, 1.82) is 0 Å². The lowest BCUT2D eigenvalue weighted by Gasteiger charge is -2.34. The van der Waals surface area contributed by atoms with Crippen LogP contribution in [0.3, 0.4) is 0 Å². The highest BCUT2D eigenvalue weighted by Gasteiger charge is 2.31. The van der Waals surface area contributed by atoms with Gasteiger partial charge < -0.3 is 9.64 Å². The summed E-state index contributed by atoms with van der Waals surface area (Å²) in [6, 6.07) is 0. The molecule has 164 valence electrons. The fourth-order valence-electron chi connectivity index (χ4n) is 3.90. The van der Waals surface area contributed by atoms with Gasteiger partial charge in [0.2, 0.25) is 0 Å². The molecule has 0 aliphatic carbocycles. The van der Waals surface area contributed by atoms with Crippen LogP contribution in [0.15, 0.2) is 26.4 Å². The number of aromatic nitrogens is 3. The maximum atomic E-state index is 12.6. The highest BCUT2D eigenvalue weighted by Crippen LogP contribution is 2.39. The Morgan fingerprint density at radius 3 is 2.77 bits per heavy atom. The minimum Gasteiger partial charge on any atom is -0.444 e. The number of fused-ring (bicyclic) bond motifs is 1. The zero-order valence-electron chi connectivity index (χ0n) is 18.2. The van der Waals surface area contributed by atoms with Crippen molar-refractivity contribution in [2.24, 2.45) is 4.99 Å². The molecule has 1 aliphatic rings. The standard InChI is InChI=1S/C22H26BrN5O2S/c1-13-11-31-12-16(13)15-9-25-28-19(15)26-18(17(23)20(28)24-5)14-7-6-8-27(10-14)21(29)30-22(2,3)4/h9,11-12,14H,5-8,10H2,1-4H3. The van der Waals surface area contributed by atoms with Crippen molar-refractivity contribution >= 4 is 51.5 Å². The average molecular weight is 504 g/mol. The number of ether oxygens (including phenoxy) is 1. The SMILES string of the molecule is C=Nc1c(Br)c(C2CCCN(C(=O)OC(C)(C)C)C2)nc2c(-c3cscc3C)cnn12. The summed E-state index contributed by atoms with van der Waals surface area (Å²) < 4.78 is 8.08. The van der Waals surface area contributed by atoms with E-state index in [0.29, 0.717) is 18.9 Å². The lowest BCUT2D eigenvalue weighted by molar-refractivity contribution is 0.0197. The molecule has 31 heavy (non-hydrogen) atoms. The molecule has 9 heteroatoms. The molecule has 4 rings (SSSR count). The third kappa shape index (κ3) is 4.25. The van der Waals surface area contributed by atoms with Crippen LogP contribution in [-0.4, -0.2) is 51.0 Å². The first kappa shape index (κ1) is 22.0. The second-order valence-corrected chi connectivity index (χ2v) is 10.4. The fourth-order valence-corrected chi connectivity index (χ4v) is 5.46. The van der Waals surface area contributed by atoms with Crippen LogP contribution in [0, 0.1) is 6.92 Å². The molecule has 1 aliphatic heterocycles. The van der Waals surface area contributed by atoms with Gasteiger partial charge in [-0.05, 0) is 79.5 Å². The molecule has 1 unspecified atom stereocenters. The quantitative estimate of drug-likeness (QED) is 0.412. The van der Waals surface area contributed by atoms with Crippen molar-refractivity contribution in [2.45, 2.75) is 52.1 Å². The number of piperidine rings is 1. The van der Waals surface area contributed by atoms with Crippen LogP contribution in [0.5, 0.6) is 0 Å². The van der Waals surface area contributed by atoms with E-state index in [1.165, 1.54) is 5.56 Å². The molecule has 3 aromatic heterocycles. The monoisotopic (exact) mass is 503 g/mol. The molecule has 0 spiro atoms. The third-order valence-corrected chi connectivity index (χ3v) is 6.97. The normalized spacial score (nSPS) is 17.2. The number of carbonyl (C=O) groups is 1. The molecule has 7 nitrogen and oxygen atoms in total. The van der Waals surface area contributed by atoms with E-state index in [1.54, 1.807) is 20.8 Å². The van der Waals surface area contributed by atoms with E-state index in [9.17, 15) is 4.79 Å². The fraction of sp³-hybridized carbons (Fsp3) is 0.455. The Hall–Kier alpha value is -2.26. The molecule has 0 aromatic carbocycles. The molecule has 3 aromatic rings. The van der Waals surface area contributed by atoms with Gasteiger partial charge in [-0.15, -0.1) is 0 Å². The van der Waals surface area contributed by atoms with E-state index in [-0.39, 0.29) is 12.0 Å². The van der Waals surface area contributed by atoms with Crippen LogP contribution in [0.2, 0.25) is 0 Å². The van der Waals surface area contributed by atoms with E-state index in [4.69, 9.17) is 9.72 Å². The molecule has 4 heterocycles. The lowest BCUT2D eigenvalue weighted by Crippen LogP contribution is -2.42. The third-order valence-electron chi connectivity index (χ3n) is 5.35. The smallest absolute Gasteiger partial charge is 0.410 e. The number of thiophene rings is 1. The number of halogens is 1. The van der Waals surface area contributed by atoms with Gasteiger partial charge in [0, 0.05) is 30.1 Å². The summed E-state index contributed by atoms with van der Waals surface area (Å²) in [5.41, 5.74) is 4.38. The van der Waals surface area contributed by atoms with E-state index >= 15 is 0 Å². The van der Waals surface area contributed by atoms with Crippen molar-refractivity contribution < 1.29 is 9.53 Å². The van der Waals surface area contributed by atoms with Crippen LogP contribution in [-0.2, 0) is 4.74 Å². The van der Waals surface area contributed by atoms with Gasteiger partial charge in [0.05, 0.1) is 16.4 Å². The van der Waals surface area contributed by atoms with Crippen molar-refractivity contribution in [1.82, 2.24) is 19.5 Å². The first-order valence-corrected chi connectivity index (χ1v) is 12.0. The molecule has 0 N–H and O–H groups in total. The largest absolute Gasteiger partial charge is 0.444 e. The maximum absolute atomic E-state index is 12.6. The molecular weight excluding hydrogens is 478 g/mol. The Bertz CT molecular complexity index is 1150. The number of hydrogen-bond donors (Lipinski definition) is 0. The summed E-state index contributed by atoms with van der Waals surface area (Å²) >= 11 is 5.34. The zero-order valence-corrected chi connectivity index (χ0v) is 20.6. The summed E-state index contributed by atoms with van der Waals surface area (Å²) in [6.45, 7) is 12.7. The topological polar surface area (TPSA) is 72.1 Å². The van der Waals surface area contributed by atoms with Gasteiger partial charge in [0.25, 0.3) is 0 Å². The van der Waals surface area contributed by atoms with Crippen molar-refractivity contribution in [3.05, 3.63) is 32.7 Å². The van der Waals surface area contributed by atoms with Gasteiger partial charge in [0.15, 0.2) is 11.5 Å². The number of likely N-dealkylation sites (tertiary alicyclic amines) is 1. The van der Waals surface area contributed by atoms with Gasteiger partial charge in [-0.3, -0.25) is 0 Å². The zero-order chi connectivity index (χ0) is 22.3. The van der Waals surface area contributed by atoms with Crippen molar-refractivity contribution in [3.63, 3.8) is 0 Å². The van der Waals surface area contributed by atoms with Crippen molar-refractivity contribution in [3.8, 4) is 11.1 Å². The summed E-state index contributed by atoms with van der Waals surface area (Å²) in [5.74, 6) is 0.681. The molecule has 0 bridgehead atoms. The molecule has 1 saturated heterocycles. The first-order valence-electron chi connectivity index (χ1n) is 10.2. The summed E-state index contributed by atoms with van der Waals surface area (Å²) in [5, 5.41) is 8.76. The molecular formula is C22H26BrN5O2S. The van der Waals surface area contributed by atoms with E-state index < -0.39 is 5.60 Å². The van der Waals surface area contributed by atoms with Gasteiger partial charge in [-0.2, -0.15) is 21.0 Å². The van der Waals surface area contributed by atoms with Gasteiger partial charge in [-0.1, -0.05) is 0 Å². The Balaban J connectivity index is 1.75. The molecule has 0 saturated carbocycles. The van der Waals surface area contributed by atoms with Crippen molar-refractivity contribution in [2.75, 3.05) is 13.1 Å². The Labute approximate surface area is 194 Å². The molecule has 1 amide bonds. The second-order valence-electron chi connectivity index (χ2n) is 8.82. The first-order chi connectivity index (χ1) is 14.7. The number of aliphatic imine (C=N–C) groups is 1. The highest BCUT2D eigenvalue weighted by molar-refractivity contribution is 9.10. The van der Waals surface area contributed by atoms with E-state index in [0.717, 1.165) is 39.8 Å². The number of aryl methyl sites for hydroxylation is 1. The predicted molar refractivity (Wildman–Crippen MR) is 128 cm³/mol.